The fourth-order valence-electron chi connectivity index (χ4n) is 3.07. The van der Waals surface area contributed by atoms with E-state index in [1.165, 1.54) is 18.2 Å². The number of carbonyl (C=O) groups is 1. The van der Waals surface area contributed by atoms with Crippen LogP contribution in [-0.2, 0) is 14.8 Å². The normalized spacial score (nSPS) is 16.3. The molecule has 0 radical (unpaired) electrons. The van der Waals surface area contributed by atoms with Gasteiger partial charge in [-0.15, -0.1) is 16.2 Å². The number of carbonyl (C=O) groups excluding carboxylic acids is 1. The molecule has 1 fully saturated rings. The monoisotopic (exact) mass is 449 g/mol. The molecule has 9 heteroatoms. The van der Waals surface area contributed by atoms with Crippen LogP contribution in [0.15, 0.2) is 62.7 Å². The number of hydrogen-bond donors (Lipinski definition) is 1. The van der Waals surface area contributed by atoms with Crippen LogP contribution >= 0.6 is 11.8 Å². The summed E-state index contributed by atoms with van der Waals surface area (Å²) >= 11 is 1.08. The van der Waals surface area contributed by atoms with Crippen molar-refractivity contribution >= 4 is 39.2 Å². The molecule has 0 bridgehead atoms. The molecule has 0 aromatic heterocycles. The Bertz CT molecular complexity index is 1040. The molecule has 3 rings (SSSR count). The SMILES string of the molecule is CN1CCCCC/C1=N/S(=O)(=O)c1cccc(NC(=O)CSc2ccccc2F)c1. The highest BCUT2D eigenvalue weighted by Crippen LogP contribution is 2.23. The standard InChI is InChI=1S/C21H24FN3O3S2/c1-25-13-6-2-3-12-20(25)24-30(27,28)17-9-7-8-16(14-17)23-21(26)15-29-19-11-5-4-10-18(19)22/h4-5,7-11,14H,2-3,6,12-13,15H2,1H3,(H,23,26)/b24-20-. The first-order valence-corrected chi connectivity index (χ1v) is 12.1. The number of halogens is 1. The second-order valence-electron chi connectivity index (χ2n) is 7.01. The molecule has 0 spiro atoms. The van der Waals surface area contributed by atoms with E-state index >= 15 is 0 Å². The molecule has 1 aliphatic heterocycles. The quantitative estimate of drug-likeness (QED) is 0.671. The number of rotatable bonds is 6. The lowest BCUT2D eigenvalue weighted by atomic mass is 10.2. The van der Waals surface area contributed by atoms with E-state index < -0.39 is 10.0 Å². The molecule has 2 aromatic carbocycles. The lowest BCUT2D eigenvalue weighted by Gasteiger charge is -2.17. The van der Waals surface area contributed by atoms with Gasteiger partial charge in [-0.1, -0.05) is 24.6 Å². The van der Waals surface area contributed by atoms with Gasteiger partial charge in [0.15, 0.2) is 0 Å². The van der Waals surface area contributed by atoms with Crippen LogP contribution in [0.25, 0.3) is 0 Å². The summed E-state index contributed by atoms with van der Waals surface area (Å²) in [4.78, 5) is 14.5. The molecular weight excluding hydrogens is 425 g/mol. The lowest BCUT2D eigenvalue weighted by Crippen LogP contribution is -2.26. The molecule has 0 unspecified atom stereocenters. The van der Waals surface area contributed by atoms with Gasteiger partial charge < -0.3 is 10.2 Å². The number of hydrogen-bond acceptors (Lipinski definition) is 4. The molecule has 6 nitrogen and oxygen atoms in total. The highest BCUT2D eigenvalue weighted by atomic mass is 32.2. The maximum absolute atomic E-state index is 13.7. The molecule has 2 aromatic rings. The van der Waals surface area contributed by atoms with Crippen molar-refractivity contribution in [1.82, 2.24) is 4.90 Å². The maximum Gasteiger partial charge on any atom is 0.284 e. The Morgan fingerprint density at radius 2 is 1.97 bits per heavy atom. The summed E-state index contributed by atoms with van der Waals surface area (Å²) in [6, 6.07) is 12.2. The highest BCUT2D eigenvalue weighted by Gasteiger charge is 2.19. The summed E-state index contributed by atoms with van der Waals surface area (Å²) in [5.41, 5.74) is 0.352. The van der Waals surface area contributed by atoms with Crippen molar-refractivity contribution in [3.05, 3.63) is 54.3 Å². The van der Waals surface area contributed by atoms with Crippen molar-refractivity contribution in [1.29, 1.82) is 0 Å². The molecule has 30 heavy (non-hydrogen) atoms. The van der Waals surface area contributed by atoms with E-state index in [0.29, 0.717) is 22.8 Å². The summed E-state index contributed by atoms with van der Waals surface area (Å²) < 4.78 is 43.2. The van der Waals surface area contributed by atoms with Crippen LogP contribution in [0, 0.1) is 5.82 Å². The topological polar surface area (TPSA) is 78.8 Å². The third-order valence-electron chi connectivity index (χ3n) is 4.67. The maximum atomic E-state index is 13.7. The molecule has 1 amide bonds. The Morgan fingerprint density at radius 1 is 1.17 bits per heavy atom. The minimum Gasteiger partial charge on any atom is -0.362 e. The van der Waals surface area contributed by atoms with Crippen LogP contribution in [0.2, 0.25) is 0 Å². The number of amidine groups is 1. The van der Waals surface area contributed by atoms with Gasteiger partial charge in [-0.25, -0.2) is 4.39 Å². The van der Waals surface area contributed by atoms with E-state index in [9.17, 15) is 17.6 Å². The lowest BCUT2D eigenvalue weighted by molar-refractivity contribution is -0.113. The number of sulfonamides is 1. The van der Waals surface area contributed by atoms with Gasteiger partial charge in [0.25, 0.3) is 10.0 Å². The number of benzene rings is 2. The summed E-state index contributed by atoms with van der Waals surface area (Å²) in [7, 11) is -2.04. The number of likely N-dealkylation sites (tertiary alicyclic amines) is 1. The summed E-state index contributed by atoms with van der Waals surface area (Å²) in [5, 5.41) is 2.66. The minimum absolute atomic E-state index is 0.00497. The number of nitrogens with zero attached hydrogens (tertiary/aromatic N) is 2. The molecule has 0 atom stereocenters. The predicted octanol–water partition coefficient (Wildman–Crippen LogP) is 4.15. The Kier molecular flexibility index (Phi) is 7.49. The summed E-state index contributed by atoms with van der Waals surface area (Å²) in [6.45, 7) is 0.782. The van der Waals surface area contributed by atoms with Crippen LogP contribution < -0.4 is 5.32 Å². The molecular formula is C21H24FN3O3S2. The second kappa shape index (κ2) is 10.1. The van der Waals surface area contributed by atoms with E-state index in [-0.39, 0.29) is 22.4 Å². The average Bonchev–Trinajstić information content (AvgIpc) is 2.91. The van der Waals surface area contributed by atoms with Crippen LogP contribution in [0.4, 0.5) is 10.1 Å². The van der Waals surface area contributed by atoms with E-state index in [0.717, 1.165) is 37.6 Å². The van der Waals surface area contributed by atoms with Crippen LogP contribution in [0.3, 0.4) is 0 Å². The van der Waals surface area contributed by atoms with Crippen molar-refractivity contribution in [2.45, 2.75) is 35.5 Å². The van der Waals surface area contributed by atoms with Crippen LogP contribution in [-0.4, -0.2) is 44.4 Å². The van der Waals surface area contributed by atoms with Gasteiger partial charge in [-0.2, -0.15) is 8.42 Å². The Labute approximate surface area is 180 Å². The first-order chi connectivity index (χ1) is 14.3. The fraction of sp³-hybridized carbons (Fsp3) is 0.333. The predicted molar refractivity (Wildman–Crippen MR) is 118 cm³/mol. The van der Waals surface area contributed by atoms with Gasteiger partial charge in [0.2, 0.25) is 5.91 Å². The molecule has 1 aliphatic rings. The van der Waals surface area contributed by atoms with Gasteiger partial charge >= 0.3 is 0 Å². The third-order valence-corrected chi connectivity index (χ3v) is 7.02. The molecule has 1 saturated heterocycles. The van der Waals surface area contributed by atoms with Gasteiger partial charge in [-0.05, 0) is 43.2 Å². The molecule has 160 valence electrons. The number of amides is 1. The number of anilines is 1. The number of thioether (sulfide) groups is 1. The molecule has 0 saturated carbocycles. The zero-order valence-electron chi connectivity index (χ0n) is 16.7. The largest absolute Gasteiger partial charge is 0.362 e. The Morgan fingerprint density at radius 3 is 2.77 bits per heavy atom. The van der Waals surface area contributed by atoms with Crippen LogP contribution in [0.1, 0.15) is 25.7 Å². The van der Waals surface area contributed by atoms with Crippen molar-refractivity contribution in [3.8, 4) is 0 Å². The Balaban J connectivity index is 1.69. The van der Waals surface area contributed by atoms with E-state index in [4.69, 9.17) is 0 Å². The number of nitrogens with one attached hydrogen (secondary N) is 1. The van der Waals surface area contributed by atoms with E-state index in [1.807, 2.05) is 11.9 Å². The van der Waals surface area contributed by atoms with E-state index in [1.54, 1.807) is 30.3 Å². The van der Waals surface area contributed by atoms with Gasteiger partial charge in [-0.3, -0.25) is 4.79 Å². The smallest absolute Gasteiger partial charge is 0.284 e. The average molecular weight is 450 g/mol. The first-order valence-electron chi connectivity index (χ1n) is 9.67. The van der Waals surface area contributed by atoms with Crippen molar-refractivity contribution in [2.24, 2.45) is 4.40 Å². The van der Waals surface area contributed by atoms with Crippen molar-refractivity contribution < 1.29 is 17.6 Å². The van der Waals surface area contributed by atoms with Gasteiger partial charge in [0, 0.05) is 30.6 Å². The first kappa shape index (κ1) is 22.3. The Hall–Kier alpha value is -2.39. The fourth-order valence-corrected chi connectivity index (χ4v) is 4.95. The summed E-state index contributed by atoms with van der Waals surface area (Å²) in [6.07, 6.45) is 3.60. The molecule has 1 heterocycles. The molecule has 1 N–H and O–H groups in total. The van der Waals surface area contributed by atoms with Crippen molar-refractivity contribution in [2.75, 3.05) is 24.7 Å². The summed E-state index contributed by atoms with van der Waals surface area (Å²) in [5.74, 6) is -0.174. The van der Waals surface area contributed by atoms with Gasteiger partial charge in [0.1, 0.15) is 11.7 Å². The highest BCUT2D eigenvalue weighted by molar-refractivity contribution is 8.00. The third kappa shape index (κ3) is 6.06. The van der Waals surface area contributed by atoms with E-state index in [2.05, 4.69) is 9.71 Å². The van der Waals surface area contributed by atoms with Crippen LogP contribution in [0.5, 0.6) is 0 Å². The zero-order chi connectivity index (χ0) is 21.6. The molecule has 0 aliphatic carbocycles. The second-order valence-corrected chi connectivity index (χ2v) is 9.63. The minimum atomic E-state index is -3.89. The van der Waals surface area contributed by atoms with Crippen molar-refractivity contribution in [3.63, 3.8) is 0 Å². The van der Waals surface area contributed by atoms with Gasteiger partial charge in [0.05, 0.1) is 10.6 Å². The zero-order valence-corrected chi connectivity index (χ0v) is 18.3.